The fourth-order valence-electron chi connectivity index (χ4n) is 2.82. The molecular formula is C16H19ClN4O2. The van der Waals surface area contributed by atoms with Crippen LogP contribution in [-0.4, -0.2) is 50.9 Å². The second kappa shape index (κ2) is 6.29. The molecule has 6 nitrogen and oxygen atoms in total. The number of nitrogens with zero attached hydrogens (tertiary/aromatic N) is 4. The number of amides is 1. The minimum Gasteiger partial charge on any atom is -0.372 e. The molecule has 0 saturated carbocycles. The number of aryl methyl sites for hydroxylation is 1. The van der Waals surface area contributed by atoms with E-state index in [2.05, 4.69) is 10.1 Å². The average molecular weight is 335 g/mol. The van der Waals surface area contributed by atoms with Gasteiger partial charge in [0, 0.05) is 13.1 Å². The zero-order chi connectivity index (χ0) is 16.6. The second-order valence-electron chi connectivity index (χ2n) is 5.81. The molecule has 2 atom stereocenters. The van der Waals surface area contributed by atoms with Gasteiger partial charge in [-0.2, -0.15) is 0 Å². The maximum Gasteiger partial charge on any atom is 0.293 e. The zero-order valence-electron chi connectivity index (χ0n) is 13.4. The Morgan fingerprint density at radius 2 is 1.91 bits per heavy atom. The van der Waals surface area contributed by atoms with Crippen LogP contribution < -0.4 is 0 Å². The molecule has 0 N–H and O–H groups in total. The van der Waals surface area contributed by atoms with Gasteiger partial charge in [-0.15, -0.1) is 5.10 Å². The first-order valence-corrected chi connectivity index (χ1v) is 7.97. The monoisotopic (exact) mass is 334 g/mol. The van der Waals surface area contributed by atoms with Crippen molar-refractivity contribution in [1.29, 1.82) is 0 Å². The highest BCUT2D eigenvalue weighted by atomic mass is 35.5. The molecule has 1 aromatic carbocycles. The van der Waals surface area contributed by atoms with Gasteiger partial charge in [-0.05, 0) is 32.9 Å². The molecule has 2 aromatic rings. The molecule has 1 fully saturated rings. The van der Waals surface area contributed by atoms with Crippen LogP contribution in [0, 0.1) is 6.92 Å². The maximum absolute atomic E-state index is 12.7. The Labute approximate surface area is 140 Å². The van der Waals surface area contributed by atoms with E-state index in [0.717, 1.165) is 0 Å². The zero-order valence-corrected chi connectivity index (χ0v) is 14.1. The molecule has 0 unspecified atom stereocenters. The number of halogens is 1. The summed E-state index contributed by atoms with van der Waals surface area (Å²) in [5, 5.41) is 4.92. The van der Waals surface area contributed by atoms with E-state index in [4.69, 9.17) is 16.3 Å². The lowest BCUT2D eigenvalue weighted by Gasteiger charge is -2.34. The maximum atomic E-state index is 12.7. The Morgan fingerprint density at radius 1 is 1.26 bits per heavy atom. The van der Waals surface area contributed by atoms with Gasteiger partial charge in [0.05, 0.1) is 22.9 Å². The highest BCUT2D eigenvalue weighted by Crippen LogP contribution is 2.21. The number of morpholine rings is 1. The summed E-state index contributed by atoms with van der Waals surface area (Å²) in [6.45, 7) is 6.80. The molecule has 0 spiro atoms. The molecular weight excluding hydrogens is 316 g/mol. The smallest absolute Gasteiger partial charge is 0.293 e. The van der Waals surface area contributed by atoms with E-state index < -0.39 is 0 Å². The number of ether oxygens (including phenoxy) is 1. The van der Waals surface area contributed by atoms with Gasteiger partial charge < -0.3 is 9.64 Å². The molecule has 0 aliphatic carbocycles. The molecule has 122 valence electrons. The molecule has 7 heteroatoms. The summed E-state index contributed by atoms with van der Waals surface area (Å²) in [5.41, 5.74) is 0.710. The Kier molecular flexibility index (Phi) is 4.37. The molecule has 1 aliphatic heterocycles. The fraction of sp³-hybridized carbons (Fsp3) is 0.438. The van der Waals surface area contributed by atoms with Crippen LogP contribution in [0.3, 0.4) is 0 Å². The van der Waals surface area contributed by atoms with Crippen LogP contribution in [0.1, 0.15) is 30.3 Å². The number of carbonyl (C=O) groups is 1. The van der Waals surface area contributed by atoms with Crippen molar-refractivity contribution in [3.63, 3.8) is 0 Å². The molecule has 0 radical (unpaired) electrons. The average Bonchev–Trinajstić information content (AvgIpc) is 2.88. The molecule has 1 saturated heterocycles. The lowest BCUT2D eigenvalue weighted by molar-refractivity contribution is -0.0588. The first-order valence-electron chi connectivity index (χ1n) is 7.59. The third-order valence-electron chi connectivity index (χ3n) is 3.75. The molecule has 23 heavy (non-hydrogen) atoms. The number of carbonyl (C=O) groups excluding carboxylic acids is 1. The topological polar surface area (TPSA) is 60.3 Å². The van der Waals surface area contributed by atoms with E-state index in [1.807, 2.05) is 32.0 Å². The molecule has 0 bridgehead atoms. The summed E-state index contributed by atoms with van der Waals surface area (Å²) in [6, 6.07) is 7.35. The van der Waals surface area contributed by atoms with E-state index in [-0.39, 0.29) is 23.9 Å². The third kappa shape index (κ3) is 3.23. The lowest BCUT2D eigenvalue weighted by Crippen LogP contribution is -2.48. The van der Waals surface area contributed by atoms with E-state index >= 15 is 0 Å². The minimum atomic E-state index is -0.180. The van der Waals surface area contributed by atoms with Crippen LogP contribution in [-0.2, 0) is 4.74 Å². The Morgan fingerprint density at radius 3 is 2.57 bits per heavy atom. The number of hydrogen-bond acceptors (Lipinski definition) is 4. The predicted octanol–water partition coefficient (Wildman–Crippen LogP) is 2.48. The molecule has 3 rings (SSSR count). The lowest BCUT2D eigenvalue weighted by atomic mass is 10.2. The van der Waals surface area contributed by atoms with Gasteiger partial charge in [0.1, 0.15) is 5.82 Å². The molecule has 1 amide bonds. The second-order valence-corrected chi connectivity index (χ2v) is 6.22. The molecule has 2 heterocycles. The Bertz CT molecular complexity index is 721. The number of aromatic nitrogens is 3. The van der Waals surface area contributed by atoms with Crippen LogP contribution in [0.15, 0.2) is 24.3 Å². The van der Waals surface area contributed by atoms with Crippen LogP contribution in [0.4, 0.5) is 0 Å². The predicted molar refractivity (Wildman–Crippen MR) is 87.0 cm³/mol. The van der Waals surface area contributed by atoms with Crippen molar-refractivity contribution in [2.75, 3.05) is 13.1 Å². The van der Waals surface area contributed by atoms with Crippen molar-refractivity contribution in [2.24, 2.45) is 0 Å². The van der Waals surface area contributed by atoms with Gasteiger partial charge in [0.2, 0.25) is 5.82 Å². The van der Waals surface area contributed by atoms with Gasteiger partial charge >= 0.3 is 0 Å². The molecule has 1 aromatic heterocycles. The van der Waals surface area contributed by atoms with Gasteiger partial charge in [-0.3, -0.25) is 4.79 Å². The van der Waals surface area contributed by atoms with E-state index in [1.54, 1.807) is 22.6 Å². The van der Waals surface area contributed by atoms with Crippen LogP contribution >= 0.6 is 11.6 Å². The summed E-state index contributed by atoms with van der Waals surface area (Å²) in [4.78, 5) is 18.7. The van der Waals surface area contributed by atoms with Crippen LogP contribution in [0.25, 0.3) is 5.69 Å². The number of benzene rings is 1. The number of hydrogen-bond donors (Lipinski definition) is 0. The Balaban J connectivity index is 1.89. The van der Waals surface area contributed by atoms with Crippen molar-refractivity contribution >= 4 is 17.5 Å². The van der Waals surface area contributed by atoms with Gasteiger partial charge in [0.25, 0.3) is 5.91 Å². The normalized spacial score (nSPS) is 21.5. The number of para-hydroxylation sites is 1. The van der Waals surface area contributed by atoms with Crippen molar-refractivity contribution in [3.8, 4) is 5.69 Å². The fourth-order valence-corrected chi connectivity index (χ4v) is 3.03. The van der Waals surface area contributed by atoms with E-state index in [0.29, 0.717) is 29.6 Å². The third-order valence-corrected chi connectivity index (χ3v) is 4.07. The van der Waals surface area contributed by atoms with Crippen molar-refractivity contribution in [1.82, 2.24) is 19.7 Å². The quantitative estimate of drug-likeness (QED) is 0.846. The van der Waals surface area contributed by atoms with Gasteiger partial charge in [-0.25, -0.2) is 9.67 Å². The van der Waals surface area contributed by atoms with Gasteiger partial charge in [0.15, 0.2) is 0 Å². The first-order chi connectivity index (χ1) is 11.0. The SMILES string of the molecule is Cc1nc(C(=O)N2C[C@H](C)O[C@@H](C)C2)nn1-c1ccccc1Cl. The van der Waals surface area contributed by atoms with Crippen molar-refractivity contribution in [3.05, 3.63) is 40.9 Å². The van der Waals surface area contributed by atoms with Crippen LogP contribution in [0.2, 0.25) is 5.02 Å². The summed E-state index contributed by atoms with van der Waals surface area (Å²) in [6.07, 6.45) is 0.0175. The summed E-state index contributed by atoms with van der Waals surface area (Å²) in [7, 11) is 0. The highest BCUT2D eigenvalue weighted by Gasteiger charge is 2.29. The summed E-state index contributed by atoms with van der Waals surface area (Å²) in [5.74, 6) is 0.625. The Hall–Kier alpha value is -1.92. The first kappa shape index (κ1) is 16.0. The summed E-state index contributed by atoms with van der Waals surface area (Å²) >= 11 is 6.21. The van der Waals surface area contributed by atoms with E-state index in [1.165, 1.54) is 0 Å². The standard InChI is InChI=1S/C16H19ClN4O2/c1-10-8-20(9-11(2)23-10)16(22)15-18-12(3)21(19-15)14-7-5-4-6-13(14)17/h4-7,10-11H,8-9H2,1-3H3/t10-,11-/m0/s1. The van der Waals surface area contributed by atoms with Gasteiger partial charge in [-0.1, -0.05) is 23.7 Å². The minimum absolute atomic E-state index is 0.00875. The van der Waals surface area contributed by atoms with Crippen molar-refractivity contribution in [2.45, 2.75) is 33.0 Å². The summed E-state index contributed by atoms with van der Waals surface area (Å²) < 4.78 is 7.26. The largest absolute Gasteiger partial charge is 0.372 e. The highest BCUT2D eigenvalue weighted by molar-refractivity contribution is 6.32. The number of rotatable bonds is 2. The van der Waals surface area contributed by atoms with Crippen LogP contribution in [0.5, 0.6) is 0 Å². The molecule has 1 aliphatic rings. The van der Waals surface area contributed by atoms with Crippen molar-refractivity contribution < 1.29 is 9.53 Å². The van der Waals surface area contributed by atoms with E-state index in [9.17, 15) is 4.79 Å².